The number of aromatic nitrogens is 2. The third kappa shape index (κ3) is 5.05. The van der Waals surface area contributed by atoms with Crippen molar-refractivity contribution in [1.82, 2.24) is 9.97 Å². The Balaban J connectivity index is 2.91. The average Bonchev–Trinajstić information content (AvgIpc) is 2.38. The maximum absolute atomic E-state index is 4.62. The fourth-order valence-electron chi connectivity index (χ4n) is 2.01. The molecule has 0 spiro atoms. The summed E-state index contributed by atoms with van der Waals surface area (Å²) >= 11 is 0. The smallest absolute Gasteiger partial charge is 0.135 e. The van der Waals surface area contributed by atoms with Crippen molar-refractivity contribution < 1.29 is 0 Å². The molecular weight excluding hydrogens is 236 g/mol. The molecule has 0 aromatic carbocycles. The summed E-state index contributed by atoms with van der Waals surface area (Å²) in [4.78, 5) is 9.16. The lowest BCUT2D eigenvalue weighted by atomic mass is 10.1. The van der Waals surface area contributed by atoms with E-state index in [0.717, 1.165) is 30.4 Å². The number of nitrogens with one attached hydrogen (secondary N) is 2. The van der Waals surface area contributed by atoms with Crippen molar-refractivity contribution in [3.63, 3.8) is 0 Å². The van der Waals surface area contributed by atoms with E-state index in [4.69, 9.17) is 0 Å². The molecule has 19 heavy (non-hydrogen) atoms. The highest BCUT2D eigenvalue weighted by Gasteiger charge is 2.10. The molecule has 0 aliphatic carbocycles. The van der Waals surface area contributed by atoms with Crippen molar-refractivity contribution in [2.75, 3.05) is 17.2 Å². The lowest BCUT2D eigenvalue weighted by molar-refractivity contribution is 0.619. The van der Waals surface area contributed by atoms with Crippen molar-refractivity contribution in [2.24, 2.45) is 0 Å². The zero-order valence-corrected chi connectivity index (χ0v) is 13.0. The summed E-state index contributed by atoms with van der Waals surface area (Å²) in [6.45, 7) is 11.6. The van der Waals surface area contributed by atoms with Gasteiger partial charge in [0.25, 0.3) is 0 Å². The van der Waals surface area contributed by atoms with E-state index < -0.39 is 0 Å². The third-order valence-electron chi connectivity index (χ3n) is 3.10. The molecule has 0 radical (unpaired) electrons. The van der Waals surface area contributed by atoms with Crippen molar-refractivity contribution in [3.8, 4) is 0 Å². The Morgan fingerprint density at radius 3 is 2.32 bits per heavy atom. The number of rotatable bonds is 8. The van der Waals surface area contributed by atoms with Crippen molar-refractivity contribution in [3.05, 3.63) is 11.9 Å². The second kappa shape index (κ2) is 7.97. The Bertz CT molecular complexity index is 376. The summed E-state index contributed by atoms with van der Waals surface area (Å²) in [6.07, 6.45) is 3.48. The van der Waals surface area contributed by atoms with Gasteiger partial charge in [-0.1, -0.05) is 34.1 Å². The minimum absolute atomic E-state index is 0.338. The number of hydrogen-bond acceptors (Lipinski definition) is 4. The minimum Gasteiger partial charge on any atom is -0.370 e. The van der Waals surface area contributed by atoms with Gasteiger partial charge in [0.05, 0.1) is 0 Å². The molecule has 2 N–H and O–H groups in total. The monoisotopic (exact) mass is 264 g/mol. The van der Waals surface area contributed by atoms with Gasteiger partial charge in [-0.15, -0.1) is 0 Å². The van der Waals surface area contributed by atoms with Gasteiger partial charge in [-0.2, -0.15) is 0 Å². The highest BCUT2D eigenvalue weighted by Crippen LogP contribution is 2.18. The van der Waals surface area contributed by atoms with E-state index in [0.29, 0.717) is 12.0 Å². The first-order valence-corrected chi connectivity index (χ1v) is 7.50. The molecular formula is C15H28N4. The molecule has 1 atom stereocenters. The molecule has 1 rings (SSSR count). The molecule has 108 valence electrons. The van der Waals surface area contributed by atoms with Gasteiger partial charge in [-0.05, 0) is 19.8 Å². The molecule has 4 nitrogen and oxygen atoms in total. The third-order valence-corrected chi connectivity index (χ3v) is 3.10. The van der Waals surface area contributed by atoms with Crippen LogP contribution in [0, 0.1) is 0 Å². The molecule has 0 fully saturated rings. The summed E-state index contributed by atoms with van der Waals surface area (Å²) in [5.41, 5.74) is 0. The molecule has 1 aromatic heterocycles. The van der Waals surface area contributed by atoms with E-state index in [2.05, 4.69) is 55.2 Å². The van der Waals surface area contributed by atoms with Gasteiger partial charge in [-0.25, -0.2) is 9.97 Å². The van der Waals surface area contributed by atoms with Crippen LogP contribution in [0.2, 0.25) is 0 Å². The van der Waals surface area contributed by atoms with E-state index in [1.165, 1.54) is 12.8 Å². The van der Waals surface area contributed by atoms with Gasteiger partial charge in [0, 0.05) is 24.6 Å². The van der Waals surface area contributed by atoms with Crippen LogP contribution in [0.25, 0.3) is 0 Å². The molecule has 1 aromatic rings. The Labute approximate surface area is 117 Å². The summed E-state index contributed by atoms with van der Waals surface area (Å²) in [5.74, 6) is 3.09. The normalized spacial score (nSPS) is 12.5. The summed E-state index contributed by atoms with van der Waals surface area (Å²) in [6, 6.07) is 2.50. The summed E-state index contributed by atoms with van der Waals surface area (Å²) in [5, 5.41) is 6.81. The van der Waals surface area contributed by atoms with Gasteiger partial charge in [0.1, 0.15) is 17.5 Å². The number of anilines is 2. The largest absolute Gasteiger partial charge is 0.370 e. The lowest BCUT2D eigenvalue weighted by Crippen LogP contribution is -2.20. The Kier molecular flexibility index (Phi) is 6.60. The van der Waals surface area contributed by atoms with Crippen LogP contribution in [-0.2, 0) is 0 Å². The van der Waals surface area contributed by atoms with Gasteiger partial charge in [-0.3, -0.25) is 0 Å². The minimum atomic E-state index is 0.338. The first-order valence-electron chi connectivity index (χ1n) is 7.50. The molecule has 1 unspecified atom stereocenters. The SMILES string of the molecule is CCCC(CC)Nc1cc(NCC)nc(C(C)C)n1. The maximum atomic E-state index is 4.62. The zero-order valence-electron chi connectivity index (χ0n) is 13.0. The van der Waals surface area contributed by atoms with Crippen LogP contribution in [0.1, 0.15) is 65.6 Å². The highest BCUT2D eigenvalue weighted by atomic mass is 15.1. The van der Waals surface area contributed by atoms with Crippen molar-refractivity contribution >= 4 is 11.6 Å². The van der Waals surface area contributed by atoms with Crippen LogP contribution in [0.5, 0.6) is 0 Å². The lowest BCUT2D eigenvalue weighted by Gasteiger charge is -2.18. The number of nitrogens with zero attached hydrogens (tertiary/aromatic N) is 2. The van der Waals surface area contributed by atoms with Crippen molar-refractivity contribution in [2.45, 2.75) is 65.8 Å². The second-order valence-electron chi connectivity index (χ2n) is 5.22. The van der Waals surface area contributed by atoms with E-state index in [1.54, 1.807) is 0 Å². The summed E-state index contributed by atoms with van der Waals surface area (Å²) < 4.78 is 0. The number of hydrogen-bond donors (Lipinski definition) is 2. The average molecular weight is 264 g/mol. The van der Waals surface area contributed by atoms with E-state index in [-0.39, 0.29) is 0 Å². The molecule has 1 heterocycles. The predicted octanol–water partition coefficient (Wildman–Crippen LogP) is 4.02. The Morgan fingerprint density at radius 2 is 1.79 bits per heavy atom. The zero-order chi connectivity index (χ0) is 14.3. The van der Waals surface area contributed by atoms with Crippen LogP contribution in [0.4, 0.5) is 11.6 Å². The molecule has 0 aliphatic rings. The molecule has 0 saturated carbocycles. The molecule has 0 amide bonds. The molecule has 0 aliphatic heterocycles. The topological polar surface area (TPSA) is 49.8 Å². The standard InChI is InChI=1S/C15H28N4/c1-6-9-12(7-2)17-14-10-13(16-8-3)18-15(19-14)11(4)5/h10-12H,6-9H2,1-5H3,(H2,16,17,18,19). The highest BCUT2D eigenvalue weighted by molar-refractivity contribution is 5.48. The fraction of sp³-hybridized carbons (Fsp3) is 0.733. The summed E-state index contributed by atoms with van der Waals surface area (Å²) in [7, 11) is 0. The van der Waals surface area contributed by atoms with Crippen LogP contribution < -0.4 is 10.6 Å². The van der Waals surface area contributed by atoms with E-state index in [9.17, 15) is 0 Å². The molecule has 0 saturated heterocycles. The first-order chi connectivity index (χ1) is 9.10. The second-order valence-corrected chi connectivity index (χ2v) is 5.22. The fourth-order valence-corrected chi connectivity index (χ4v) is 2.01. The van der Waals surface area contributed by atoms with Crippen molar-refractivity contribution in [1.29, 1.82) is 0 Å². The van der Waals surface area contributed by atoms with Crippen LogP contribution in [0.3, 0.4) is 0 Å². The maximum Gasteiger partial charge on any atom is 0.135 e. The van der Waals surface area contributed by atoms with Crippen LogP contribution >= 0.6 is 0 Å². The molecule has 0 bridgehead atoms. The Morgan fingerprint density at radius 1 is 1.11 bits per heavy atom. The van der Waals surface area contributed by atoms with Crippen LogP contribution in [0.15, 0.2) is 6.07 Å². The first kappa shape index (κ1) is 15.7. The predicted molar refractivity (Wildman–Crippen MR) is 82.9 cm³/mol. The quantitative estimate of drug-likeness (QED) is 0.744. The van der Waals surface area contributed by atoms with Crippen LogP contribution in [-0.4, -0.2) is 22.6 Å². The van der Waals surface area contributed by atoms with Gasteiger partial charge < -0.3 is 10.6 Å². The molecule has 4 heteroatoms. The Hall–Kier alpha value is -1.32. The van der Waals surface area contributed by atoms with Gasteiger partial charge >= 0.3 is 0 Å². The van der Waals surface area contributed by atoms with E-state index in [1.807, 2.05) is 6.07 Å². The van der Waals surface area contributed by atoms with Gasteiger partial charge in [0.2, 0.25) is 0 Å². The van der Waals surface area contributed by atoms with Gasteiger partial charge in [0.15, 0.2) is 0 Å². The van der Waals surface area contributed by atoms with E-state index >= 15 is 0 Å².